The van der Waals surface area contributed by atoms with Crippen molar-refractivity contribution in [2.45, 2.75) is 57.2 Å². The third-order valence-corrected chi connectivity index (χ3v) is 8.67. The van der Waals surface area contributed by atoms with Crippen molar-refractivity contribution >= 4 is 5.91 Å². The van der Waals surface area contributed by atoms with Crippen LogP contribution in [0.1, 0.15) is 55.3 Å². The molecule has 1 amide bonds. The number of halogens is 4. The van der Waals surface area contributed by atoms with Gasteiger partial charge in [0.2, 0.25) is 0 Å². The van der Waals surface area contributed by atoms with E-state index in [9.17, 15) is 27.3 Å². The smallest absolute Gasteiger partial charge is 0.395 e. The highest BCUT2D eigenvalue weighted by molar-refractivity contribution is 5.95. The lowest BCUT2D eigenvalue weighted by Gasteiger charge is -2.47. The molecule has 216 valence electrons. The summed E-state index contributed by atoms with van der Waals surface area (Å²) in [6.45, 7) is 2.19. The van der Waals surface area contributed by atoms with Gasteiger partial charge in [-0.25, -0.2) is 14.4 Å². The number of aromatic nitrogens is 2. The molecule has 3 aliphatic rings. The third kappa shape index (κ3) is 5.96. The number of carbonyl (C=O) groups is 1. The zero-order chi connectivity index (χ0) is 28.3. The summed E-state index contributed by atoms with van der Waals surface area (Å²) in [7, 11) is 0. The zero-order valence-corrected chi connectivity index (χ0v) is 22.2. The predicted molar refractivity (Wildman–Crippen MR) is 139 cm³/mol. The number of likely N-dealkylation sites (tertiary alicyclic amines) is 2. The van der Waals surface area contributed by atoms with Gasteiger partial charge in [0.15, 0.2) is 0 Å². The van der Waals surface area contributed by atoms with Crippen LogP contribution >= 0.6 is 0 Å². The van der Waals surface area contributed by atoms with Gasteiger partial charge in [-0.1, -0.05) is 17.7 Å². The van der Waals surface area contributed by atoms with Crippen LogP contribution < -0.4 is 4.74 Å². The van der Waals surface area contributed by atoms with Crippen molar-refractivity contribution in [1.82, 2.24) is 19.8 Å². The molecule has 5 rings (SSSR count). The van der Waals surface area contributed by atoms with Gasteiger partial charge in [0.1, 0.15) is 12.4 Å². The van der Waals surface area contributed by atoms with Crippen LogP contribution in [-0.4, -0.2) is 77.2 Å². The Morgan fingerprint density at radius 1 is 1.07 bits per heavy atom. The molecule has 0 N–H and O–H groups in total. The maximum absolute atomic E-state index is 15.0. The Kier molecular flexibility index (Phi) is 8.34. The van der Waals surface area contributed by atoms with Gasteiger partial charge in [-0.3, -0.25) is 4.79 Å². The first-order valence-electron chi connectivity index (χ1n) is 13.8. The highest BCUT2D eigenvalue weighted by atomic mass is 19.4. The van der Waals surface area contributed by atoms with Gasteiger partial charge < -0.3 is 14.5 Å². The first kappa shape index (κ1) is 28.4. The van der Waals surface area contributed by atoms with E-state index in [1.54, 1.807) is 11.0 Å². The molecule has 2 saturated heterocycles. The van der Waals surface area contributed by atoms with Gasteiger partial charge in [-0.05, 0) is 69.7 Å². The van der Waals surface area contributed by atoms with E-state index in [2.05, 4.69) is 15.1 Å². The molecule has 1 atom stereocenters. The van der Waals surface area contributed by atoms with Gasteiger partial charge in [0.05, 0.1) is 18.1 Å². The Morgan fingerprint density at radius 2 is 1.80 bits per heavy atom. The number of benzene rings is 1. The molecule has 3 fully saturated rings. The van der Waals surface area contributed by atoms with Crippen molar-refractivity contribution in [3.8, 4) is 17.1 Å². The molecule has 0 radical (unpaired) electrons. The van der Waals surface area contributed by atoms with E-state index in [0.29, 0.717) is 44.6 Å². The summed E-state index contributed by atoms with van der Waals surface area (Å²) < 4.78 is 61.2. The molecule has 3 heterocycles. The Hall–Kier alpha value is -3.15. The number of nitrogens with zero attached hydrogens (tertiary/aromatic N) is 5. The van der Waals surface area contributed by atoms with Crippen LogP contribution in [0.5, 0.6) is 6.01 Å². The lowest BCUT2D eigenvalue weighted by Crippen LogP contribution is -2.53. The fourth-order valence-corrected chi connectivity index (χ4v) is 6.02. The Morgan fingerprint density at radius 3 is 2.40 bits per heavy atom. The lowest BCUT2D eigenvalue weighted by molar-refractivity contribution is -0.256. The molecular formula is C28H33F4N5O3. The number of nitroso groups, excluding NO2 is 1. The van der Waals surface area contributed by atoms with Crippen LogP contribution in [0.2, 0.25) is 0 Å². The van der Waals surface area contributed by atoms with Gasteiger partial charge in [-0.2, -0.15) is 18.1 Å². The molecule has 12 heteroatoms. The summed E-state index contributed by atoms with van der Waals surface area (Å²) in [5, 5.41) is 2.91. The molecule has 0 bridgehead atoms. The number of piperidine rings is 1. The van der Waals surface area contributed by atoms with E-state index in [1.807, 2.05) is 4.90 Å². The first-order chi connectivity index (χ1) is 19.2. The van der Waals surface area contributed by atoms with Gasteiger partial charge in [0, 0.05) is 42.2 Å². The predicted octanol–water partition coefficient (Wildman–Crippen LogP) is 5.48. The number of amides is 1. The van der Waals surface area contributed by atoms with E-state index >= 15 is 0 Å². The minimum absolute atomic E-state index is 0.0276. The minimum atomic E-state index is -4.15. The van der Waals surface area contributed by atoms with Crippen LogP contribution in [0.3, 0.4) is 0 Å². The molecule has 2 aromatic rings. The number of rotatable bonds is 9. The van der Waals surface area contributed by atoms with E-state index in [-0.39, 0.29) is 60.9 Å². The Balaban J connectivity index is 1.12. The fraction of sp³-hybridized carbons (Fsp3) is 0.607. The van der Waals surface area contributed by atoms with Crippen LogP contribution in [0.15, 0.2) is 35.8 Å². The van der Waals surface area contributed by atoms with Crippen molar-refractivity contribution < 1.29 is 27.1 Å². The maximum atomic E-state index is 15.0. The molecule has 0 unspecified atom stereocenters. The first-order valence-corrected chi connectivity index (χ1v) is 13.8. The molecule has 40 heavy (non-hydrogen) atoms. The molecule has 8 nitrogen and oxygen atoms in total. The van der Waals surface area contributed by atoms with Crippen LogP contribution in [0.4, 0.5) is 17.6 Å². The lowest BCUT2D eigenvalue weighted by atomic mass is 9.67. The number of hydrogen-bond donors (Lipinski definition) is 0. The fourth-order valence-electron chi connectivity index (χ4n) is 6.02. The summed E-state index contributed by atoms with van der Waals surface area (Å²) in [6, 6.07) is 4.12. The topological polar surface area (TPSA) is 88.0 Å². The number of carbonyl (C=O) groups excluding carboxylic acids is 1. The second kappa shape index (κ2) is 11.8. The molecule has 1 aliphatic carbocycles. The minimum Gasteiger partial charge on any atom is -0.463 e. The largest absolute Gasteiger partial charge is 0.463 e. The Bertz CT molecular complexity index is 1200. The summed E-state index contributed by atoms with van der Waals surface area (Å²) in [5.74, 6) is -0.721. The highest BCUT2D eigenvalue weighted by Crippen LogP contribution is 2.53. The van der Waals surface area contributed by atoms with E-state index < -0.39 is 17.4 Å². The molecule has 1 aromatic heterocycles. The average molecular weight is 564 g/mol. The summed E-state index contributed by atoms with van der Waals surface area (Å²) in [6.07, 6.45) is 2.80. The number of ether oxygens (including phenoxy) is 1. The normalized spacial score (nSPS) is 21.7. The van der Waals surface area contributed by atoms with Crippen LogP contribution in [0, 0.1) is 22.1 Å². The summed E-state index contributed by atoms with van der Waals surface area (Å²) in [5.41, 5.74) is -0.665. The van der Waals surface area contributed by atoms with E-state index in [4.69, 9.17) is 4.74 Å². The van der Waals surface area contributed by atoms with Gasteiger partial charge >= 0.3 is 12.2 Å². The maximum Gasteiger partial charge on any atom is 0.395 e. The quantitative estimate of drug-likeness (QED) is 0.297. The van der Waals surface area contributed by atoms with Crippen LogP contribution in [0.25, 0.3) is 11.1 Å². The number of hydrogen-bond acceptors (Lipinski definition) is 7. The van der Waals surface area contributed by atoms with Gasteiger partial charge in [-0.15, -0.1) is 0 Å². The van der Waals surface area contributed by atoms with E-state index in [1.165, 1.54) is 24.5 Å². The summed E-state index contributed by atoms with van der Waals surface area (Å²) in [4.78, 5) is 35.4. The monoisotopic (exact) mass is 563 g/mol. The van der Waals surface area contributed by atoms with Crippen molar-refractivity contribution in [2.75, 3.05) is 39.3 Å². The van der Waals surface area contributed by atoms with Crippen molar-refractivity contribution in [1.29, 1.82) is 0 Å². The third-order valence-electron chi connectivity index (χ3n) is 8.67. The zero-order valence-electron chi connectivity index (χ0n) is 22.2. The summed E-state index contributed by atoms with van der Waals surface area (Å²) >= 11 is 0. The highest BCUT2D eigenvalue weighted by Gasteiger charge is 2.58. The Labute approximate surface area is 230 Å². The number of alkyl halides is 3. The van der Waals surface area contributed by atoms with E-state index in [0.717, 1.165) is 19.3 Å². The molecule has 1 saturated carbocycles. The second-order valence-electron chi connectivity index (χ2n) is 11.2. The van der Waals surface area contributed by atoms with Crippen molar-refractivity contribution in [3.05, 3.63) is 46.9 Å². The molecular weight excluding hydrogens is 530 g/mol. The standard InChI is InChI=1S/C28H33F4N5O3/c29-24-13-20(25(38)37-10-1-3-22(37)16-35-39)4-5-23(24)21-14-33-26(34-15-21)40-17-19-6-11-36(12-7-19)18-27(8-2-9-27)28(30,31)32/h4-5,13-15,19,22H,1-3,6-12,16-18H2/t22-/m1/s1. The second-order valence-corrected chi connectivity index (χ2v) is 11.2. The van der Waals surface area contributed by atoms with Crippen molar-refractivity contribution in [3.63, 3.8) is 0 Å². The van der Waals surface area contributed by atoms with Crippen molar-refractivity contribution in [2.24, 2.45) is 16.5 Å². The molecule has 0 spiro atoms. The molecule has 1 aromatic carbocycles. The van der Waals surface area contributed by atoms with Gasteiger partial charge in [0.25, 0.3) is 5.91 Å². The average Bonchev–Trinajstić information content (AvgIpc) is 3.38. The molecule has 2 aliphatic heterocycles. The SMILES string of the molecule is O=NC[C@H]1CCCN1C(=O)c1ccc(-c2cnc(OCC3CCN(CC4(C(F)(F)F)CCC4)CC3)nc2)c(F)c1. The van der Waals surface area contributed by atoms with Crippen LogP contribution in [-0.2, 0) is 0 Å².